The van der Waals surface area contributed by atoms with Crippen molar-refractivity contribution < 1.29 is 9.84 Å². The summed E-state index contributed by atoms with van der Waals surface area (Å²) in [6, 6.07) is 0. The van der Waals surface area contributed by atoms with Crippen LogP contribution in [0.5, 0.6) is 0 Å². The molecule has 0 amide bonds. The van der Waals surface area contributed by atoms with Crippen LogP contribution in [0.2, 0.25) is 0 Å². The van der Waals surface area contributed by atoms with Crippen LogP contribution in [0, 0.1) is 17.8 Å². The van der Waals surface area contributed by atoms with Gasteiger partial charge >= 0.3 is 0 Å². The smallest absolute Gasteiger partial charge is 0.0810 e. The fourth-order valence-corrected chi connectivity index (χ4v) is 2.75. The molecule has 15 heavy (non-hydrogen) atoms. The first-order valence-electron chi connectivity index (χ1n) is 5.84. The Balaban J connectivity index is 4.69. The molecule has 0 aromatic rings. The van der Waals surface area contributed by atoms with Gasteiger partial charge in [0.15, 0.2) is 0 Å². The van der Waals surface area contributed by atoms with Gasteiger partial charge in [0.05, 0.1) is 18.8 Å². The zero-order chi connectivity index (χ0) is 12.1. The highest BCUT2D eigenvalue weighted by atomic mass is 16.5. The van der Waals surface area contributed by atoms with E-state index in [1.165, 1.54) is 0 Å². The summed E-state index contributed by atoms with van der Waals surface area (Å²) in [4.78, 5) is 0. The van der Waals surface area contributed by atoms with Crippen LogP contribution in [0.3, 0.4) is 0 Å². The second-order valence-corrected chi connectivity index (χ2v) is 5.10. The Kier molecular flexibility index (Phi) is 6.41. The zero-order valence-electron chi connectivity index (χ0n) is 10.8. The van der Waals surface area contributed by atoms with Crippen LogP contribution in [-0.4, -0.2) is 30.5 Å². The molecule has 3 nitrogen and oxygen atoms in total. The lowest BCUT2D eigenvalue weighted by atomic mass is 9.73. The van der Waals surface area contributed by atoms with Crippen LogP contribution in [0.25, 0.3) is 0 Å². The van der Waals surface area contributed by atoms with Crippen LogP contribution < -0.4 is 5.73 Å². The number of ether oxygens (including phenoxy) is 1. The van der Waals surface area contributed by atoms with Crippen molar-refractivity contribution in [3.05, 3.63) is 0 Å². The van der Waals surface area contributed by atoms with Crippen molar-refractivity contribution in [2.24, 2.45) is 23.5 Å². The fraction of sp³-hybridized carbons (Fsp3) is 1.00. The van der Waals surface area contributed by atoms with Crippen LogP contribution >= 0.6 is 0 Å². The third kappa shape index (κ3) is 4.09. The second kappa shape index (κ2) is 6.46. The van der Waals surface area contributed by atoms with Crippen molar-refractivity contribution in [1.82, 2.24) is 0 Å². The van der Waals surface area contributed by atoms with Crippen LogP contribution in [0.15, 0.2) is 0 Å². The summed E-state index contributed by atoms with van der Waals surface area (Å²) >= 11 is 0. The third-order valence-electron chi connectivity index (χ3n) is 3.07. The van der Waals surface area contributed by atoms with E-state index >= 15 is 0 Å². The van der Waals surface area contributed by atoms with Crippen molar-refractivity contribution in [2.75, 3.05) is 19.8 Å². The van der Waals surface area contributed by atoms with Gasteiger partial charge in [-0.25, -0.2) is 0 Å². The van der Waals surface area contributed by atoms with E-state index in [4.69, 9.17) is 15.6 Å². The molecule has 3 heteroatoms. The van der Waals surface area contributed by atoms with Gasteiger partial charge in [0.1, 0.15) is 0 Å². The number of hydrogen-bond acceptors (Lipinski definition) is 3. The standard InChI is InChI=1S/C12H27NO2/c1-9(2)11(10(3)4)12(5,8-13)15-7-6-14/h9-11,14H,6-8,13H2,1-5H3. The quantitative estimate of drug-likeness (QED) is 0.681. The van der Waals surface area contributed by atoms with Crippen molar-refractivity contribution in [2.45, 2.75) is 40.2 Å². The van der Waals surface area contributed by atoms with Gasteiger partial charge in [-0.05, 0) is 24.7 Å². The molecule has 0 saturated carbocycles. The van der Waals surface area contributed by atoms with E-state index in [1.54, 1.807) is 0 Å². The van der Waals surface area contributed by atoms with Crippen molar-refractivity contribution >= 4 is 0 Å². The molecule has 0 aromatic heterocycles. The first-order chi connectivity index (χ1) is 6.89. The van der Waals surface area contributed by atoms with E-state index < -0.39 is 0 Å². The average molecular weight is 217 g/mol. The SMILES string of the molecule is CC(C)C(C(C)C)C(C)(CN)OCCO. The third-order valence-corrected chi connectivity index (χ3v) is 3.07. The number of nitrogens with two attached hydrogens (primary N) is 1. The van der Waals surface area contributed by atoms with Gasteiger partial charge in [-0.15, -0.1) is 0 Å². The van der Waals surface area contributed by atoms with Gasteiger partial charge < -0.3 is 15.6 Å². The minimum absolute atomic E-state index is 0.0541. The Bertz CT molecular complexity index is 163. The topological polar surface area (TPSA) is 55.5 Å². The van der Waals surface area contributed by atoms with E-state index in [2.05, 4.69) is 27.7 Å². The lowest BCUT2D eigenvalue weighted by Crippen LogP contribution is -2.49. The maximum Gasteiger partial charge on any atom is 0.0810 e. The summed E-state index contributed by atoms with van der Waals surface area (Å²) in [5, 5.41) is 8.82. The summed E-state index contributed by atoms with van der Waals surface area (Å²) in [6.07, 6.45) is 0. The van der Waals surface area contributed by atoms with Gasteiger partial charge in [0.25, 0.3) is 0 Å². The molecule has 0 saturated heterocycles. The highest BCUT2D eigenvalue weighted by Gasteiger charge is 2.37. The second-order valence-electron chi connectivity index (χ2n) is 5.10. The molecule has 0 aromatic carbocycles. The molecule has 0 fully saturated rings. The molecule has 0 bridgehead atoms. The predicted octanol–water partition coefficient (Wildman–Crippen LogP) is 1.64. The Morgan fingerprint density at radius 1 is 1.20 bits per heavy atom. The van der Waals surface area contributed by atoms with Crippen molar-refractivity contribution in [3.8, 4) is 0 Å². The number of hydrogen-bond donors (Lipinski definition) is 2. The van der Waals surface area contributed by atoms with E-state index in [-0.39, 0.29) is 12.2 Å². The lowest BCUT2D eigenvalue weighted by Gasteiger charge is -2.41. The lowest BCUT2D eigenvalue weighted by molar-refractivity contribution is -0.102. The molecule has 3 N–H and O–H groups in total. The maximum absolute atomic E-state index is 8.82. The summed E-state index contributed by atoms with van der Waals surface area (Å²) in [7, 11) is 0. The largest absolute Gasteiger partial charge is 0.394 e. The van der Waals surface area contributed by atoms with Crippen LogP contribution in [-0.2, 0) is 4.74 Å². The molecule has 0 radical (unpaired) electrons. The Morgan fingerprint density at radius 3 is 1.93 bits per heavy atom. The molecule has 0 aliphatic carbocycles. The molecule has 1 unspecified atom stereocenters. The van der Waals surface area contributed by atoms with Crippen molar-refractivity contribution in [3.63, 3.8) is 0 Å². The van der Waals surface area contributed by atoms with E-state index in [9.17, 15) is 0 Å². The molecule has 0 spiro atoms. The molecule has 1 atom stereocenters. The van der Waals surface area contributed by atoms with Gasteiger partial charge in [-0.3, -0.25) is 0 Å². The molecule has 92 valence electrons. The zero-order valence-corrected chi connectivity index (χ0v) is 10.8. The first kappa shape index (κ1) is 14.9. The van der Waals surface area contributed by atoms with Crippen LogP contribution in [0.4, 0.5) is 0 Å². The Labute approximate surface area is 94.0 Å². The average Bonchev–Trinajstić information content (AvgIpc) is 2.13. The molecular weight excluding hydrogens is 190 g/mol. The predicted molar refractivity (Wildman–Crippen MR) is 63.7 cm³/mol. The summed E-state index contributed by atoms with van der Waals surface area (Å²) in [5.41, 5.74) is 5.49. The molecule has 0 heterocycles. The highest BCUT2D eigenvalue weighted by molar-refractivity contribution is 4.88. The van der Waals surface area contributed by atoms with Crippen LogP contribution in [0.1, 0.15) is 34.6 Å². The number of aliphatic hydroxyl groups excluding tert-OH is 1. The minimum atomic E-state index is -0.328. The van der Waals surface area contributed by atoms with E-state index in [0.29, 0.717) is 30.9 Å². The normalized spacial score (nSPS) is 16.4. The summed E-state index contributed by atoms with van der Waals surface area (Å²) in [5.74, 6) is 1.46. The maximum atomic E-state index is 8.82. The van der Waals surface area contributed by atoms with Crippen molar-refractivity contribution in [1.29, 1.82) is 0 Å². The van der Waals surface area contributed by atoms with E-state index in [1.807, 2.05) is 6.92 Å². The van der Waals surface area contributed by atoms with Gasteiger partial charge in [-0.1, -0.05) is 27.7 Å². The van der Waals surface area contributed by atoms with Gasteiger partial charge in [0, 0.05) is 6.54 Å². The number of aliphatic hydroxyl groups is 1. The molecular formula is C12H27NO2. The molecule has 0 aliphatic heterocycles. The van der Waals surface area contributed by atoms with Gasteiger partial charge in [-0.2, -0.15) is 0 Å². The Morgan fingerprint density at radius 2 is 1.67 bits per heavy atom. The Hall–Kier alpha value is -0.120. The fourth-order valence-electron chi connectivity index (χ4n) is 2.75. The molecule has 0 aliphatic rings. The monoisotopic (exact) mass is 217 g/mol. The number of rotatable bonds is 7. The molecule has 0 rings (SSSR count). The minimum Gasteiger partial charge on any atom is -0.394 e. The van der Waals surface area contributed by atoms with E-state index in [0.717, 1.165) is 0 Å². The van der Waals surface area contributed by atoms with Gasteiger partial charge in [0.2, 0.25) is 0 Å². The summed E-state index contributed by atoms with van der Waals surface area (Å²) < 4.78 is 5.74. The first-order valence-corrected chi connectivity index (χ1v) is 5.84. The highest BCUT2D eigenvalue weighted by Crippen LogP contribution is 2.33. The summed E-state index contributed by atoms with van der Waals surface area (Å²) in [6.45, 7) is 11.7.